The van der Waals surface area contributed by atoms with Crippen molar-refractivity contribution in [1.82, 2.24) is 9.97 Å². The first-order valence-electron chi connectivity index (χ1n) is 4.45. The molecule has 14 heavy (non-hydrogen) atoms. The van der Waals surface area contributed by atoms with Gasteiger partial charge in [-0.3, -0.25) is 4.98 Å². The molecule has 2 rings (SSSR count). The fraction of sp³-hybridized carbons (Fsp3) is 0.200. The molecule has 0 fully saturated rings. The van der Waals surface area contributed by atoms with Crippen molar-refractivity contribution < 1.29 is 0 Å². The predicted molar refractivity (Wildman–Crippen MR) is 58.1 cm³/mol. The molecule has 0 aliphatic carbocycles. The van der Waals surface area contributed by atoms with E-state index in [0.717, 1.165) is 22.7 Å². The highest BCUT2D eigenvalue weighted by Crippen LogP contribution is 2.22. The third-order valence-corrected chi connectivity index (χ3v) is 2.80. The molecule has 0 atom stereocenters. The van der Waals surface area contributed by atoms with Gasteiger partial charge in [-0.05, 0) is 18.7 Å². The fourth-order valence-electron chi connectivity index (χ4n) is 1.19. The summed E-state index contributed by atoms with van der Waals surface area (Å²) in [5.74, 6) is 0. The Balaban J connectivity index is 2.25. The first-order valence-corrected chi connectivity index (χ1v) is 5.33. The number of nitrogens with zero attached hydrogens (tertiary/aromatic N) is 2. The predicted octanol–water partition coefficient (Wildman–Crippen LogP) is 1.71. The van der Waals surface area contributed by atoms with Gasteiger partial charge in [0.25, 0.3) is 0 Å². The second kappa shape index (κ2) is 4.30. The fourth-order valence-corrected chi connectivity index (χ4v) is 2.04. The molecule has 0 radical (unpaired) electrons. The van der Waals surface area contributed by atoms with Crippen LogP contribution in [0, 0.1) is 0 Å². The standard InChI is InChI=1S/C10H11N3S/c11-4-3-9-7-14-10(13-9)8-2-1-5-12-6-8/h1-2,5-7H,3-4,11H2. The maximum absolute atomic E-state index is 5.46. The molecule has 2 aromatic rings. The summed E-state index contributed by atoms with van der Waals surface area (Å²) >= 11 is 1.64. The van der Waals surface area contributed by atoms with E-state index in [4.69, 9.17) is 5.73 Å². The summed E-state index contributed by atoms with van der Waals surface area (Å²) < 4.78 is 0. The van der Waals surface area contributed by atoms with Gasteiger partial charge in [-0.15, -0.1) is 11.3 Å². The minimum absolute atomic E-state index is 0.649. The van der Waals surface area contributed by atoms with Crippen LogP contribution in [-0.4, -0.2) is 16.5 Å². The Bertz CT molecular complexity index is 397. The first kappa shape index (κ1) is 9.30. The molecule has 0 spiro atoms. The van der Waals surface area contributed by atoms with Gasteiger partial charge in [0.15, 0.2) is 0 Å². The van der Waals surface area contributed by atoms with Crippen molar-refractivity contribution in [2.75, 3.05) is 6.54 Å². The second-order valence-electron chi connectivity index (χ2n) is 2.92. The molecule has 0 saturated carbocycles. The van der Waals surface area contributed by atoms with Gasteiger partial charge < -0.3 is 5.73 Å². The van der Waals surface area contributed by atoms with E-state index in [1.165, 1.54) is 0 Å². The Morgan fingerprint density at radius 3 is 3.07 bits per heavy atom. The van der Waals surface area contributed by atoms with Gasteiger partial charge in [0.1, 0.15) is 5.01 Å². The molecule has 2 N–H and O–H groups in total. The molecule has 0 bridgehead atoms. The number of hydrogen-bond acceptors (Lipinski definition) is 4. The van der Waals surface area contributed by atoms with Crippen LogP contribution in [0.15, 0.2) is 29.9 Å². The van der Waals surface area contributed by atoms with Crippen molar-refractivity contribution >= 4 is 11.3 Å². The topological polar surface area (TPSA) is 51.8 Å². The highest BCUT2D eigenvalue weighted by Gasteiger charge is 2.03. The monoisotopic (exact) mass is 205 g/mol. The van der Waals surface area contributed by atoms with Crippen molar-refractivity contribution in [3.8, 4) is 10.6 Å². The molecule has 0 amide bonds. The Labute approximate surface area is 86.6 Å². The van der Waals surface area contributed by atoms with Gasteiger partial charge in [-0.25, -0.2) is 4.98 Å². The van der Waals surface area contributed by atoms with Crippen LogP contribution in [0.4, 0.5) is 0 Å². The zero-order chi connectivity index (χ0) is 9.80. The van der Waals surface area contributed by atoms with Crippen LogP contribution >= 0.6 is 11.3 Å². The highest BCUT2D eigenvalue weighted by molar-refractivity contribution is 7.13. The average molecular weight is 205 g/mol. The average Bonchev–Trinajstić information content (AvgIpc) is 2.68. The van der Waals surface area contributed by atoms with E-state index in [0.29, 0.717) is 6.54 Å². The molecular weight excluding hydrogens is 194 g/mol. The normalized spacial score (nSPS) is 10.4. The third kappa shape index (κ3) is 1.97. The SMILES string of the molecule is NCCc1csc(-c2cccnc2)n1. The Morgan fingerprint density at radius 1 is 1.43 bits per heavy atom. The number of thiazole rings is 1. The van der Waals surface area contributed by atoms with Gasteiger partial charge in [-0.1, -0.05) is 0 Å². The number of rotatable bonds is 3. The Kier molecular flexibility index (Phi) is 2.86. The van der Waals surface area contributed by atoms with Gasteiger partial charge in [0.05, 0.1) is 5.69 Å². The molecule has 72 valence electrons. The lowest BCUT2D eigenvalue weighted by Gasteiger charge is -1.93. The summed E-state index contributed by atoms with van der Waals surface area (Å²) in [7, 11) is 0. The summed E-state index contributed by atoms with van der Waals surface area (Å²) in [6.45, 7) is 0.649. The lowest BCUT2D eigenvalue weighted by molar-refractivity contribution is 0.936. The molecule has 4 heteroatoms. The zero-order valence-electron chi connectivity index (χ0n) is 7.68. The first-order chi connectivity index (χ1) is 6.90. The number of nitrogens with two attached hydrogens (primary N) is 1. The van der Waals surface area contributed by atoms with Crippen molar-refractivity contribution in [1.29, 1.82) is 0 Å². The number of aromatic nitrogens is 2. The van der Waals surface area contributed by atoms with E-state index in [1.807, 2.05) is 18.3 Å². The largest absolute Gasteiger partial charge is 0.330 e. The van der Waals surface area contributed by atoms with E-state index in [2.05, 4.69) is 15.3 Å². The smallest absolute Gasteiger partial charge is 0.125 e. The lowest BCUT2D eigenvalue weighted by Crippen LogP contribution is -2.02. The molecule has 3 nitrogen and oxygen atoms in total. The lowest BCUT2D eigenvalue weighted by atomic mass is 10.3. The van der Waals surface area contributed by atoms with Crippen molar-refractivity contribution in [2.45, 2.75) is 6.42 Å². The molecule has 0 aromatic carbocycles. The van der Waals surface area contributed by atoms with Gasteiger partial charge in [-0.2, -0.15) is 0 Å². The zero-order valence-corrected chi connectivity index (χ0v) is 8.50. The van der Waals surface area contributed by atoms with Crippen LogP contribution in [0.3, 0.4) is 0 Å². The number of pyridine rings is 1. The second-order valence-corrected chi connectivity index (χ2v) is 3.78. The third-order valence-electron chi connectivity index (χ3n) is 1.86. The molecule has 0 aliphatic heterocycles. The molecule has 2 heterocycles. The van der Waals surface area contributed by atoms with Gasteiger partial charge in [0.2, 0.25) is 0 Å². The van der Waals surface area contributed by atoms with E-state index < -0.39 is 0 Å². The molecule has 0 aliphatic rings. The van der Waals surface area contributed by atoms with Crippen LogP contribution in [0.25, 0.3) is 10.6 Å². The minimum Gasteiger partial charge on any atom is -0.330 e. The van der Waals surface area contributed by atoms with E-state index >= 15 is 0 Å². The molecular formula is C10H11N3S. The molecule has 0 saturated heterocycles. The summed E-state index contributed by atoms with van der Waals surface area (Å²) in [6.07, 6.45) is 4.43. The number of hydrogen-bond donors (Lipinski definition) is 1. The van der Waals surface area contributed by atoms with Crippen LogP contribution in [0.1, 0.15) is 5.69 Å². The van der Waals surface area contributed by atoms with Crippen molar-refractivity contribution in [3.05, 3.63) is 35.6 Å². The van der Waals surface area contributed by atoms with Crippen LogP contribution in [-0.2, 0) is 6.42 Å². The van der Waals surface area contributed by atoms with Crippen molar-refractivity contribution in [3.63, 3.8) is 0 Å². The summed E-state index contributed by atoms with van der Waals surface area (Å²) in [4.78, 5) is 8.53. The maximum atomic E-state index is 5.46. The highest BCUT2D eigenvalue weighted by atomic mass is 32.1. The summed E-state index contributed by atoms with van der Waals surface area (Å²) in [5, 5.41) is 3.07. The summed E-state index contributed by atoms with van der Waals surface area (Å²) in [6, 6.07) is 3.93. The quantitative estimate of drug-likeness (QED) is 0.829. The Morgan fingerprint density at radius 2 is 2.36 bits per heavy atom. The maximum Gasteiger partial charge on any atom is 0.125 e. The van der Waals surface area contributed by atoms with Crippen LogP contribution in [0.2, 0.25) is 0 Å². The van der Waals surface area contributed by atoms with E-state index in [-0.39, 0.29) is 0 Å². The minimum atomic E-state index is 0.649. The van der Waals surface area contributed by atoms with Crippen LogP contribution in [0.5, 0.6) is 0 Å². The van der Waals surface area contributed by atoms with E-state index in [9.17, 15) is 0 Å². The van der Waals surface area contributed by atoms with Crippen LogP contribution < -0.4 is 5.73 Å². The van der Waals surface area contributed by atoms with Gasteiger partial charge in [0, 0.05) is 29.8 Å². The Hall–Kier alpha value is -1.26. The van der Waals surface area contributed by atoms with Gasteiger partial charge >= 0.3 is 0 Å². The molecule has 2 aromatic heterocycles. The molecule has 0 unspecified atom stereocenters. The summed E-state index contributed by atoms with van der Waals surface area (Å²) in [5.41, 5.74) is 7.60. The van der Waals surface area contributed by atoms with E-state index in [1.54, 1.807) is 17.5 Å². The van der Waals surface area contributed by atoms with Crippen molar-refractivity contribution in [2.24, 2.45) is 5.73 Å².